The number of hydrogen-bond acceptors (Lipinski definition) is 4. The van der Waals surface area contributed by atoms with Crippen LogP contribution in [0.1, 0.15) is 12.8 Å². The lowest BCUT2D eigenvalue weighted by molar-refractivity contribution is -0.136. The molecule has 0 amide bonds. The third-order valence-corrected chi connectivity index (χ3v) is 2.42. The molecule has 0 radical (unpaired) electrons. The van der Waals surface area contributed by atoms with Crippen molar-refractivity contribution in [1.29, 1.82) is 0 Å². The van der Waals surface area contributed by atoms with Gasteiger partial charge in [-0.1, -0.05) is 0 Å². The summed E-state index contributed by atoms with van der Waals surface area (Å²) in [7, 11) is -4.55. The van der Waals surface area contributed by atoms with E-state index >= 15 is 0 Å². The first-order valence-electron chi connectivity index (χ1n) is 3.19. The maximum Gasteiger partial charge on any atom is 0.324 e. The van der Waals surface area contributed by atoms with Crippen molar-refractivity contribution >= 4 is 16.1 Å². The summed E-state index contributed by atoms with van der Waals surface area (Å²) in [5, 5.41) is 14.8. The van der Waals surface area contributed by atoms with Crippen molar-refractivity contribution < 1.29 is 28.0 Å². The molecule has 0 aromatic rings. The van der Waals surface area contributed by atoms with Gasteiger partial charge >= 0.3 is 5.97 Å². The minimum Gasteiger partial charge on any atom is -0.480 e. The third-order valence-electron chi connectivity index (χ3n) is 1.26. The Hall–Kier alpha value is -0.660. The van der Waals surface area contributed by atoms with Gasteiger partial charge in [0.15, 0.2) is 5.25 Å². The van der Waals surface area contributed by atoms with E-state index < -0.39 is 21.3 Å². The van der Waals surface area contributed by atoms with Crippen LogP contribution in [-0.2, 0) is 14.9 Å². The monoisotopic (exact) mass is 198 g/mol. The fourth-order valence-electron chi connectivity index (χ4n) is 0.676. The number of hydrogen-bond donors (Lipinski definition) is 3. The van der Waals surface area contributed by atoms with E-state index in [4.69, 9.17) is 14.8 Å². The Kier molecular flexibility index (Phi) is 4.15. The summed E-state index contributed by atoms with van der Waals surface area (Å²) in [6, 6.07) is 0. The topological polar surface area (TPSA) is 112 Å². The molecule has 7 heteroatoms. The number of aliphatic hydroxyl groups excluding tert-OH is 1. The Balaban J connectivity index is 4.36. The molecule has 1 unspecified atom stereocenters. The largest absolute Gasteiger partial charge is 0.480 e. The smallest absolute Gasteiger partial charge is 0.324 e. The van der Waals surface area contributed by atoms with Crippen molar-refractivity contribution in [3.63, 3.8) is 0 Å². The molecule has 0 heterocycles. The summed E-state index contributed by atoms with van der Waals surface area (Å²) in [4.78, 5) is 10.2. The van der Waals surface area contributed by atoms with Gasteiger partial charge in [-0.15, -0.1) is 0 Å². The molecule has 0 bridgehead atoms. The molecule has 0 saturated carbocycles. The van der Waals surface area contributed by atoms with Gasteiger partial charge in [0.05, 0.1) is 0 Å². The predicted molar refractivity (Wildman–Crippen MR) is 39.3 cm³/mol. The fourth-order valence-corrected chi connectivity index (χ4v) is 1.40. The van der Waals surface area contributed by atoms with Crippen LogP contribution in [-0.4, -0.2) is 41.0 Å². The molecule has 0 aromatic heterocycles. The molecule has 0 aliphatic heterocycles. The molecule has 0 aliphatic carbocycles. The molecule has 0 rings (SSSR count). The molecule has 3 N–H and O–H groups in total. The molecule has 0 saturated heterocycles. The van der Waals surface area contributed by atoms with Crippen LogP contribution in [0.2, 0.25) is 0 Å². The minimum atomic E-state index is -4.55. The summed E-state index contributed by atoms with van der Waals surface area (Å²) in [6.07, 6.45) is -0.262. The van der Waals surface area contributed by atoms with Crippen molar-refractivity contribution in [1.82, 2.24) is 0 Å². The van der Waals surface area contributed by atoms with Crippen LogP contribution >= 0.6 is 0 Å². The van der Waals surface area contributed by atoms with Gasteiger partial charge in [0.25, 0.3) is 10.1 Å². The zero-order valence-electron chi connectivity index (χ0n) is 6.17. The summed E-state index contributed by atoms with van der Waals surface area (Å²) in [5.41, 5.74) is 0. The van der Waals surface area contributed by atoms with Crippen LogP contribution in [0.25, 0.3) is 0 Å². The van der Waals surface area contributed by atoms with E-state index in [9.17, 15) is 13.2 Å². The summed E-state index contributed by atoms with van der Waals surface area (Å²) in [5.74, 6) is -1.61. The molecular weight excluding hydrogens is 188 g/mol. The number of carbonyl (C=O) groups is 1. The minimum absolute atomic E-state index is 0.0246. The molecule has 0 spiro atoms. The maximum absolute atomic E-state index is 10.4. The van der Waals surface area contributed by atoms with E-state index in [1.165, 1.54) is 0 Å². The highest BCUT2D eigenvalue weighted by molar-refractivity contribution is 7.87. The average Bonchev–Trinajstić information content (AvgIpc) is 1.84. The van der Waals surface area contributed by atoms with Gasteiger partial charge in [-0.25, -0.2) is 0 Å². The molecule has 0 aromatic carbocycles. The van der Waals surface area contributed by atoms with Crippen LogP contribution in [0.3, 0.4) is 0 Å². The Labute approximate surface area is 69.6 Å². The zero-order valence-corrected chi connectivity index (χ0v) is 6.99. The van der Waals surface area contributed by atoms with Crippen LogP contribution in [0.15, 0.2) is 0 Å². The van der Waals surface area contributed by atoms with E-state index in [2.05, 4.69) is 0 Å². The summed E-state index contributed by atoms with van der Waals surface area (Å²) < 4.78 is 29.1. The van der Waals surface area contributed by atoms with Crippen molar-refractivity contribution in [2.45, 2.75) is 18.1 Å². The van der Waals surface area contributed by atoms with E-state index in [1.54, 1.807) is 0 Å². The number of carboxylic acids is 1. The molecular formula is C5H10O6S. The highest BCUT2D eigenvalue weighted by Gasteiger charge is 2.29. The average molecular weight is 198 g/mol. The van der Waals surface area contributed by atoms with Crippen LogP contribution in [0.4, 0.5) is 0 Å². The van der Waals surface area contributed by atoms with Gasteiger partial charge in [-0.3, -0.25) is 9.35 Å². The highest BCUT2D eigenvalue weighted by atomic mass is 32.2. The van der Waals surface area contributed by atoms with Gasteiger partial charge in [0.1, 0.15) is 0 Å². The van der Waals surface area contributed by atoms with Crippen LogP contribution < -0.4 is 0 Å². The lowest BCUT2D eigenvalue weighted by Crippen LogP contribution is -2.29. The SMILES string of the molecule is O=C(O)C(CCCO)S(=O)(=O)O. The van der Waals surface area contributed by atoms with Crippen LogP contribution in [0, 0.1) is 0 Å². The van der Waals surface area contributed by atoms with E-state index in [1.807, 2.05) is 0 Å². The first-order valence-corrected chi connectivity index (χ1v) is 4.70. The second-order valence-corrected chi connectivity index (χ2v) is 3.81. The Bertz CT molecular complexity index is 243. The molecule has 0 aliphatic rings. The van der Waals surface area contributed by atoms with Crippen LogP contribution in [0.5, 0.6) is 0 Å². The molecule has 0 fully saturated rings. The molecule has 12 heavy (non-hydrogen) atoms. The van der Waals surface area contributed by atoms with Crippen molar-refractivity contribution in [3.8, 4) is 0 Å². The summed E-state index contributed by atoms with van der Waals surface area (Å²) in [6.45, 7) is -0.306. The lowest BCUT2D eigenvalue weighted by Gasteiger charge is -2.06. The standard InChI is InChI=1S/C5H10O6S/c6-3-1-2-4(5(7)8)12(9,10)11/h4,6H,1-3H2,(H,7,8)(H,9,10,11). The number of aliphatic hydroxyl groups is 1. The zero-order chi connectivity index (χ0) is 9.78. The Morgan fingerprint density at radius 3 is 2.17 bits per heavy atom. The van der Waals surface area contributed by atoms with Gasteiger partial charge in [-0.2, -0.15) is 8.42 Å². The van der Waals surface area contributed by atoms with E-state index in [-0.39, 0.29) is 19.4 Å². The lowest BCUT2D eigenvalue weighted by atomic mass is 10.2. The Morgan fingerprint density at radius 1 is 1.42 bits per heavy atom. The van der Waals surface area contributed by atoms with Gasteiger partial charge in [0, 0.05) is 6.61 Å². The molecule has 6 nitrogen and oxygen atoms in total. The fraction of sp³-hybridized carbons (Fsp3) is 0.800. The first kappa shape index (κ1) is 11.3. The quantitative estimate of drug-likeness (QED) is 0.493. The van der Waals surface area contributed by atoms with E-state index in [0.29, 0.717) is 0 Å². The predicted octanol–water partition coefficient (Wildman–Crippen LogP) is -0.900. The number of aliphatic carboxylic acids is 1. The van der Waals surface area contributed by atoms with Gasteiger partial charge in [0.2, 0.25) is 0 Å². The second-order valence-electron chi connectivity index (χ2n) is 2.21. The van der Waals surface area contributed by atoms with Crippen molar-refractivity contribution in [3.05, 3.63) is 0 Å². The number of carboxylic acid groups (broad SMARTS) is 1. The van der Waals surface area contributed by atoms with Gasteiger partial charge in [-0.05, 0) is 12.8 Å². The third kappa shape index (κ3) is 3.65. The Morgan fingerprint density at radius 2 is 1.92 bits per heavy atom. The molecule has 72 valence electrons. The first-order chi connectivity index (χ1) is 5.39. The highest BCUT2D eigenvalue weighted by Crippen LogP contribution is 2.06. The molecule has 1 atom stereocenters. The maximum atomic E-state index is 10.4. The summed E-state index contributed by atoms with van der Waals surface area (Å²) >= 11 is 0. The number of rotatable bonds is 5. The van der Waals surface area contributed by atoms with Crippen molar-refractivity contribution in [2.75, 3.05) is 6.61 Å². The van der Waals surface area contributed by atoms with E-state index in [0.717, 1.165) is 0 Å². The normalized spacial score (nSPS) is 14.2. The van der Waals surface area contributed by atoms with Gasteiger partial charge < -0.3 is 10.2 Å². The van der Waals surface area contributed by atoms with Crippen molar-refractivity contribution in [2.24, 2.45) is 0 Å². The second kappa shape index (κ2) is 4.39.